The predicted molar refractivity (Wildman–Crippen MR) is 138 cm³/mol. The summed E-state index contributed by atoms with van der Waals surface area (Å²) in [6, 6.07) is 9.09. The SMILES string of the molecule is O=C(NCCCCNC(=O)C(F)(F)F)c1cc(NC(=O)C2C(c3cc(Cl)cc(Cl)c3)C2(Cl)Cl)ccc1Cl. The van der Waals surface area contributed by atoms with Crippen LogP contribution in [0.4, 0.5) is 18.9 Å². The molecule has 1 fully saturated rings. The van der Waals surface area contributed by atoms with Gasteiger partial charge in [-0.1, -0.05) is 34.8 Å². The molecule has 2 aromatic carbocycles. The largest absolute Gasteiger partial charge is 0.471 e. The zero-order valence-corrected chi connectivity index (χ0v) is 22.5. The van der Waals surface area contributed by atoms with E-state index >= 15 is 0 Å². The molecule has 37 heavy (non-hydrogen) atoms. The average Bonchev–Trinajstić information content (AvgIpc) is 3.37. The fourth-order valence-corrected chi connectivity index (χ4v) is 5.24. The van der Waals surface area contributed by atoms with Crippen LogP contribution in [-0.4, -0.2) is 41.3 Å². The molecule has 6 nitrogen and oxygen atoms in total. The number of carbonyl (C=O) groups excluding carboxylic acids is 3. The van der Waals surface area contributed by atoms with Crippen LogP contribution in [0.2, 0.25) is 15.1 Å². The molecule has 0 saturated heterocycles. The van der Waals surface area contributed by atoms with E-state index in [1.807, 2.05) is 0 Å². The number of halogens is 8. The van der Waals surface area contributed by atoms with Crippen molar-refractivity contribution in [2.75, 3.05) is 18.4 Å². The average molecular weight is 620 g/mol. The smallest absolute Gasteiger partial charge is 0.352 e. The number of hydrogen-bond acceptors (Lipinski definition) is 3. The van der Waals surface area contributed by atoms with Gasteiger partial charge in [-0.25, -0.2) is 0 Å². The third kappa shape index (κ3) is 7.57. The van der Waals surface area contributed by atoms with Crippen molar-refractivity contribution in [1.82, 2.24) is 10.6 Å². The number of amides is 3. The molecular weight excluding hydrogens is 601 g/mol. The van der Waals surface area contributed by atoms with Crippen molar-refractivity contribution in [1.29, 1.82) is 0 Å². The molecule has 1 saturated carbocycles. The maximum absolute atomic E-state index is 12.9. The topological polar surface area (TPSA) is 87.3 Å². The van der Waals surface area contributed by atoms with Crippen molar-refractivity contribution in [3.8, 4) is 0 Å². The normalized spacial score (nSPS) is 18.2. The van der Waals surface area contributed by atoms with Crippen LogP contribution in [0.3, 0.4) is 0 Å². The van der Waals surface area contributed by atoms with Crippen LogP contribution in [0.15, 0.2) is 36.4 Å². The molecular formula is C23H19Cl5F3N3O3. The van der Waals surface area contributed by atoms with Crippen molar-refractivity contribution in [2.24, 2.45) is 5.92 Å². The first-order chi connectivity index (χ1) is 17.2. The van der Waals surface area contributed by atoms with Gasteiger partial charge in [-0.2, -0.15) is 13.2 Å². The maximum Gasteiger partial charge on any atom is 0.471 e. The van der Waals surface area contributed by atoms with Gasteiger partial charge >= 0.3 is 12.1 Å². The van der Waals surface area contributed by atoms with E-state index in [1.54, 1.807) is 23.5 Å². The highest BCUT2D eigenvalue weighted by Gasteiger charge is 2.67. The Morgan fingerprint density at radius 1 is 0.892 bits per heavy atom. The number of unbranched alkanes of at least 4 members (excludes halogenated alkanes) is 1. The zero-order valence-electron chi connectivity index (χ0n) is 18.7. The second kappa shape index (κ2) is 11.9. The van der Waals surface area contributed by atoms with E-state index < -0.39 is 40.1 Å². The molecule has 3 rings (SSSR count). The molecule has 0 heterocycles. The van der Waals surface area contributed by atoms with Gasteiger partial charge in [0.25, 0.3) is 5.91 Å². The molecule has 1 aliphatic rings. The van der Waals surface area contributed by atoms with Gasteiger partial charge in [0.1, 0.15) is 4.33 Å². The Bertz CT molecular complexity index is 1190. The van der Waals surface area contributed by atoms with Crippen LogP contribution in [0, 0.1) is 5.92 Å². The first-order valence-corrected chi connectivity index (χ1v) is 12.7. The van der Waals surface area contributed by atoms with Gasteiger partial charge in [0, 0.05) is 34.7 Å². The van der Waals surface area contributed by atoms with Gasteiger partial charge < -0.3 is 16.0 Å². The molecule has 0 bridgehead atoms. The molecule has 0 aliphatic heterocycles. The molecule has 0 aromatic heterocycles. The van der Waals surface area contributed by atoms with E-state index in [2.05, 4.69) is 10.6 Å². The molecule has 2 aromatic rings. The van der Waals surface area contributed by atoms with Crippen LogP contribution in [-0.2, 0) is 9.59 Å². The van der Waals surface area contributed by atoms with Gasteiger partial charge in [0.05, 0.1) is 16.5 Å². The van der Waals surface area contributed by atoms with Crippen molar-refractivity contribution < 1.29 is 27.6 Å². The molecule has 2 atom stereocenters. The maximum atomic E-state index is 12.9. The molecule has 2 unspecified atom stereocenters. The lowest BCUT2D eigenvalue weighted by Crippen LogP contribution is -2.37. The Balaban J connectivity index is 1.55. The monoisotopic (exact) mass is 617 g/mol. The highest BCUT2D eigenvalue weighted by Crippen LogP contribution is 2.65. The lowest BCUT2D eigenvalue weighted by Gasteiger charge is -2.11. The minimum Gasteiger partial charge on any atom is -0.352 e. The first-order valence-electron chi connectivity index (χ1n) is 10.8. The number of carbonyl (C=O) groups is 3. The van der Waals surface area contributed by atoms with Crippen molar-refractivity contribution in [3.63, 3.8) is 0 Å². The first kappa shape index (κ1) is 29.6. The van der Waals surface area contributed by atoms with Crippen LogP contribution >= 0.6 is 58.0 Å². The predicted octanol–water partition coefficient (Wildman–Crippen LogP) is 6.36. The van der Waals surface area contributed by atoms with E-state index in [0.717, 1.165) is 0 Å². The summed E-state index contributed by atoms with van der Waals surface area (Å²) >= 11 is 31.0. The third-order valence-corrected chi connectivity index (χ3v) is 7.20. The molecule has 3 amide bonds. The van der Waals surface area contributed by atoms with Crippen molar-refractivity contribution >= 4 is 81.4 Å². The molecule has 200 valence electrons. The van der Waals surface area contributed by atoms with E-state index in [9.17, 15) is 27.6 Å². The summed E-state index contributed by atoms with van der Waals surface area (Å²) in [6.45, 7) is -0.0662. The molecule has 3 N–H and O–H groups in total. The van der Waals surface area contributed by atoms with Crippen LogP contribution in [0.25, 0.3) is 0 Å². The van der Waals surface area contributed by atoms with Crippen molar-refractivity contribution in [3.05, 3.63) is 62.6 Å². The van der Waals surface area contributed by atoms with Crippen LogP contribution in [0.1, 0.15) is 34.7 Å². The lowest BCUT2D eigenvalue weighted by molar-refractivity contribution is -0.173. The Hall–Kier alpha value is -1.91. The number of hydrogen-bond donors (Lipinski definition) is 3. The quantitative estimate of drug-likeness (QED) is 0.226. The Morgan fingerprint density at radius 3 is 2.08 bits per heavy atom. The minimum absolute atomic E-state index is 0.0711. The van der Waals surface area contributed by atoms with Crippen LogP contribution < -0.4 is 16.0 Å². The van der Waals surface area contributed by atoms with Gasteiger partial charge in [0.2, 0.25) is 5.91 Å². The zero-order chi connectivity index (χ0) is 27.5. The fourth-order valence-electron chi connectivity index (χ4n) is 3.67. The fraction of sp³-hybridized carbons (Fsp3) is 0.348. The summed E-state index contributed by atoms with van der Waals surface area (Å²) in [5.41, 5.74) is 0.951. The Morgan fingerprint density at radius 2 is 1.49 bits per heavy atom. The van der Waals surface area contributed by atoms with E-state index in [1.165, 1.54) is 18.2 Å². The minimum atomic E-state index is -4.94. The van der Waals surface area contributed by atoms with Gasteiger partial charge in [-0.3, -0.25) is 14.4 Å². The number of nitrogens with one attached hydrogen (secondary N) is 3. The highest BCUT2D eigenvalue weighted by atomic mass is 35.5. The molecule has 0 radical (unpaired) electrons. The highest BCUT2D eigenvalue weighted by molar-refractivity contribution is 6.53. The second-order valence-electron chi connectivity index (χ2n) is 8.23. The number of anilines is 1. The van der Waals surface area contributed by atoms with Crippen molar-refractivity contribution in [2.45, 2.75) is 29.3 Å². The van der Waals surface area contributed by atoms with E-state index in [4.69, 9.17) is 58.0 Å². The number of rotatable bonds is 9. The van der Waals surface area contributed by atoms with Gasteiger partial charge in [-0.15, -0.1) is 23.2 Å². The second-order valence-corrected chi connectivity index (χ2v) is 11.0. The summed E-state index contributed by atoms with van der Waals surface area (Å²) < 4.78 is 35.1. The Kier molecular flexibility index (Phi) is 9.51. The third-order valence-electron chi connectivity index (χ3n) is 5.49. The summed E-state index contributed by atoms with van der Waals surface area (Å²) in [6.07, 6.45) is -4.42. The van der Waals surface area contributed by atoms with Crippen LogP contribution in [0.5, 0.6) is 0 Å². The lowest BCUT2D eigenvalue weighted by atomic mass is 10.1. The standard InChI is InChI=1S/C23H19Cl5F3N3O3/c24-12-7-11(8-13(25)9-12)17-18(22(17,27)28)20(36)34-14-3-4-16(26)15(10-14)19(35)32-5-1-2-6-33-21(37)23(29,30)31/h3-4,7-10,17-18H,1-2,5-6H2,(H,32,35)(H,33,37)(H,34,36). The summed E-state index contributed by atoms with van der Waals surface area (Å²) in [5.74, 6) is -4.42. The summed E-state index contributed by atoms with van der Waals surface area (Å²) in [4.78, 5) is 36.2. The summed E-state index contributed by atoms with van der Waals surface area (Å²) in [7, 11) is 0. The molecule has 0 spiro atoms. The number of benzene rings is 2. The molecule has 14 heteroatoms. The van der Waals surface area contributed by atoms with E-state index in [-0.39, 0.29) is 35.8 Å². The van der Waals surface area contributed by atoms with Gasteiger partial charge in [0.15, 0.2) is 0 Å². The number of alkyl halides is 5. The molecule has 1 aliphatic carbocycles. The Labute approximate surface area is 235 Å². The van der Waals surface area contributed by atoms with E-state index in [0.29, 0.717) is 22.0 Å². The van der Waals surface area contributed by atoms with Gasteiger partial charge in [-0.05, 0) is 54.8 Å². The summed E-state index contributed by atoms with van der Waals surface area (Å²) in [5, 5.41) is 7.87.